The molecule has 14 heavy (non-hydrogen) atoms. The van der Waals surface area contributed by atoms with Gasteiger partial charge in [-0.2, -0.15) is 0 Å². The summed E-state index contributed by atoms with van der Waals surface area (Å²) >= 11 is 1.05. The van der Waals surface area contributed by atoms with Crippen LogP contribution in [0.4, 0.5) is 0 Å². The van der Waals surface area contributed by atoms with Gasteiger partial charge in [-0.05, 0) is 12.5 Å². The minimum absolute atomic E-state index is 0.290. The summed E-state index contributed by atoms with van der Waals surface area (Å²) in [5.74, 6) is -0.951. The van der Waals surface area contributed by atoms with E-state index in [-0.39, 0.29) is 5.56 Å². The zero-order chi connectivity index (χ0) is 10.7. The van der Waals surface area contributed by atoms with Gasteiger partial charge in [0.05, 0.1) is 25.2 Å². The van der Waals surface area contributed by atoms with Crippen LogP contribution in [0.1, 0.15) is 25.6 Å². The SMILES string of the molecule is COC(=O)c1[c]sc(C(=O)OC)c1C. The van der Waals surface area contributed by atoms with Crippen LogP contribution in [0.3, 0.4) is 0 Å². The molecule has 0 amide bonds. The Hall–Kier alpha value is -1.36. The number of esters is 2. The van der Waals surface area contributed by atoms with Crippen LogP contribution in [0.5, 0.6) is 0 Å². The molecule has 0 aliphatic rings. The number of methoxy groups -OCH3 is 2. The predicted octanol–water partition coefficient (Wildman–Crippen LogP) is 1.43. The average molecular weight is 213 g/mol. The predicted molar refractivity (Wildman–Crippen MR) is 50.6 cm³/mol. The molecule has 4 nitrogen and oxygen atoms in total. The summed E-state index contributed by atoms with van der Waals surface area (Å²) in [5, 5.41) is 2.71. The van der Waals surface area contributed by atoms with Crippen LogP contribution in [0, 0.1) is 12.3 Å². The summed E-state index contributed by atoms with van der Waals surface area (Å²) < 4.78 is 9.07. The van der Waals surface area contributed by atoms with Gasteiger partial charge >= 0.3 is 11.9 Å². The number of rotatable bonds is 2. The van der Waals surface area contributed by atoms with Gasteiger partial charge in [0.25, 0.3) is 0 Å². The lowest BCUT2D eigenvalue weighted by molar-refractivity contribution is 0.0600. The van der Waals surface area contributed by atoms with E-state index in [0.29, 0.717) is 10.4 Å². The molecule has 1 rings (SSSR count). The summed E-state index contributed by atoms with van der Waals surface area (Å²) in [4.78, 5) is 22.7. The molecule has 0 bridgehead atoms. The minimum Gasteiger partial charge on any atom is -0.465 e. The molecule has 5 heteroatoms. The van der Waals surface area contributed by atoms with Crippen LogP contribution in [0.15, 0.2) is 0 Å². The third-order valence-electron chi connectivity index (χ3n) is 1.73. The molecule has 1 aromatic heterocycles. The molecule has 0 saturated carbocycles. The van der Waals surface area contributed by atoms with E-state index in [1.54, 1.807) is 6.92 Å². The molecule has 0 N–H and O–H groups in total. The highest BCUT2D eigenvalue weighted by atomic mass is 32.1. The van der Waals surface area contributed by atoms with Crippen molar-refractivity contribution in [1.82, 2.24) is 0 Å². The lowest BCUT2D eigenvalue weighted by Gasteiger charge is -1.98. The molecular formula is C9H9O4S. The van der Waals surface area contributed by atoms with Crippen LogP contribution in [0.25, 0.3) is 0 Å². The Kier molecular flexibility index (Phi) is 3.24. The van der Waals surface area contributed by atoms with E-state index >= 15 is 0 Å². The molecule has 0 saturated heterocycles. The fraction of sp³-hybridized carbons (Fsp3) is 0.333. The first-order valence-corrected chi connectivity index (χ1v) is 4.61. The topological polar surface area (TPSA) is 52.6 Å². The summed E-state index contributed by atoms with van der Waals surface area (Å²) in [5.41, 5.74) is 0.839. The van der Waals surface area contributed by atoms with Gasteiger partial charge in [0.2, 0.25) is 0 Å². The van der Waals surface area contributed by atoms with Crippen molar-refractivity contribution < 1.29 is 19.1 Å². The first-order valence-electron chi connectivity index (χ1n) is 3.79. The average Bonchev–Trinajstić information content (AvgIpc) is 2.58. The van der Waals surface area contributed by atoms with Crippen LogP contribution in [-0.2, 0) is 9.47 Å². The van der Waals surface area contributed by atoms with E-state index in [0.717, 1.165) is 11.3 Å². The molecule has 0 spiro atoms. The number of carbonyl (C=O) groups is 2. The molecule has 0 atom stereocenters. The molecule has 1 heterocycles. The van der Waals surface area contributed by atoms with Crippen molar-refractivity contribution >= 4 is 23.3 Å². The van der Waals surface area contributed by atoms with Gasteiger partial charge in [0.1, 0.15) is 4.88 Å². The van der Waals surface area contributed by atoms with E-state index in [9.17, 15) is 9.59 Å². The smallest absolute Gasteiger partial charge is 0.348 e. The first kappa shape index (κ1) is 10.7. The molecular weight excluding hydrogens is 204 g/mol. The highest BCUT2D eigenvalue weighted by Crippen LogP contribution is 2.22. The van der Waals surface area contributed by atoms with Gasteiger partial charge in [-0.25, -0.2) is 9.59 Å². The Labute approximate surface area is 85.4 Å². The van der Waals surface area contributed by atoms with E-state index in [2.05, 4.69) is 14.9 Å². The third kappa shape index (κ3) is 1.77. The Bertz CT molecular complexity index is 333. The molecule has 1 aromatic rings. The summed E-state index contributed by atoms with van der Waals surface area (Å²) in [6, 6.07) is 0. The minimum atomic E-state index is -0.492. The Morgan fingerprint density at radius 1 is 1.21 bits per heavy atom. The highest BCUT2D eigenvalue weighted by molar-refractivity contribution is 7.12. The van der Waals surface area contributed by atoms with Crippen molar-refractivity contribution in [3.63, 3.8) is 0 Å². The second-order valence-corrected chi connectivity index (χ2v) is 3.33. The largest absolute Gasteiger partial charge is 0.465 e. The van der Waals surface area contributed by atoms with Crippen LogP contribution >= 0.6 is 11.3 Å². The maximum atomic E-state index is 11.2. The summed E-state index contributed by atoms with van der Waals surface area (Å²) in [6.07, 6.45) is 0. The first-order chi connectivity index (χ1) is 6.61. The molecule has 75 valence electrons. The standard InChI is InChI=1S/C9H9O4S/c1-5-6(8(10)12-2)4-14-7(5)9(11)13-3/h1-3H3. The Balaban J connectivity index is 3.08. The van der Waals surface area contributed by atoms with Gasteiger partial charge in [0.15, 0.2) is 0 Å². The van der Waals surface area contributed by atoms with Crippen molar-refractivity contribution in [3.8, 4) is 0 Å². The fourth-order valence-electron chi connectivity index (χ4n) is 0.953. The van der Waals surface area contributed by atoms with Gasteiger partial charge in [-0.1, -0.05) is 0 Å². The quantitative estimate of drug-likeness (QED) is 0.697. The van der Waals surface area contributed by atoms with Crippen molar-refractivity contribution in [2.24, 2.45) is 0 Å². The van der Waals surface area contributed by atoms with Crippen LogP contribution in [0.2, 0.25) is 0 Å². The molecule has 0 aromatic carbocycles. The van der Waals surface area contributed by atoms with E-state index in [4.69, 9.17) is 0 Å². The van der Waals surface area contributed by atoms with Gasteiger partial charge in [0, 0.05) is 0 Å². The van der Waals surface area contributed by atoms with Gasteiger partial charge < -0.3 is 9.47 Å². The van der Waals surface area contributed by atoms with E-state index < -0.39 is 11.9 Å². The number of hydrogen-bond donors (Lipinski definition) is 0. The second kappa shape index (κ2) is 4.23. The zero-order valence-corrected chi connectivity index (χ0v) is 8.86. The maximum Gasteiger partial charge on any atom is 0.348 e. The number of thiophene rings is 1. The summed E-state index contributed by atoms with van der Waals surface area (Å²) in [7, 11) is 2.57. The monoisotopic (exact) mass is 213 g/mol. The molecule has 0 fully saturated rings. The van der Waals surface area contributed by atoms with Crippen molar-refractivity contribution in [3.05, 3.63) is 21.4 Å². The molecule has 0 unspecified atom stereocenters. The van der Waals surface area contributed by atoms with E-state index in [1.807, 2.05) is 0 Å². The normalized spacial score (nSPS) is 9.64. The van der Waals surface area contributed by atoms with Gasteiger partial charge in [-0.15, -0.1) is 11.3 Å². The van der Waals surface area contributed by atoms with Crippen LogP contribution in [-0.4, -0.2) is 26.2 Å². The number of hydrogen-bond acceptors (Lipinski definition) is 5. The van der Waals surface area contributed by atoms with Crippen LogP contribution < -0.4 is 0 Å². The lowest BCUT2D eigenvalue weighted by Crippen LogP contribution is -2.05. The second-order valence-electron chi connectivity index (χ2n) is 2.52. The van der Waals surface area contributed by atoms with Gasteiger partial charge in [-0.3, -0.25) is 0 Å². The van der Waals surface area contributed by atoms with Crippen molar-refractivity contribution in [2.75, 3.05) is 14.2 Å². The Morgan fingerprint density at radius 2 is 1.79 bits per heavy atom. The molecule has 0 aliphatic heterocycles. The van der Waals surface area contributed by atoms with Crippen molar-refractivity contribution in [1.29, 1.82) is 0 Å². The maximum absolute atomic E-state index is 11.2. The fourth-order valence-corrected chi connectivity index (χ4v) is 1.82. The molecule has 1 radical (unpaired) electrons. The highest BCUT2D eigenvalue weighted by Gasteiger charge is 2.19. The third-order valence-corrected chi connectivity index (χ3v) is 2.71. The summed E-state index contributed by atoms with van der Waals surface area (Å²) in [6.45, 7) is 1.66. The lowest BCUT2D eigenvalue weighted by atomic mass is 10.2. The number of carbonyl (C=O) groups excluding carboxylic acids is 2. The van der Waals surface area contributed by atoms with Crippen molar-refractivity contribution in [2.45, 2.75) is 6.92 Å². The zero-order valence-electron chi connectivity index (χ0n) is 8.04. The molecule has 0 aliphatic carbocycles. The Morgan fingerprint density at radius 3 is 2.29 bits per heavy atom. The number of ether oxygens (including phenoxy) is 2. The van der Waals surface area contributed by atoms with E-state index in [1.165, 1.54) is 14.2 Å².